The molecule has 8 nitrogen and oxygen atoms in total. The Labute approximate surface area is 165 Å². The van der Waals surface area contributed by atoms with E-state index in [1.165, 1.54) is 23.1 Å². The third-order valence-corrected chi connectivity index (χ3v) is 5.64. The van der Waals surface area contributed by atoms with Crippen LogP contribution in [0.1, 0.15) is 30.8 Å². The molecule has 1 aromatic carbocycles. The average molecular weight is 405 g/mol. The maximum atomic E-state index is 12.1. The van der Waals surface area contributed by atoms with Crippen molar-refractivity contribution in [2.24, 2.45) is 7.05 Å². The number of carbonyl (C=O) groups excluding carboxylic acids is 1. The monoisotopic (exact) mass is 404 g/mol. The zero-order valence-corrected chi connectivity index (χ0v) is 16.9. The summed E-state index contributed by atoms with van der Waals surface area (Å²) in [5, 5.41) is 21.1. The second-order valence-electron chi connectivity index (χ2n) is 5.66. The largest absolute Gasteiger partial charge is 0.483 e. The van der Waals surface area contributed by atoms with Gasteiger partial charge in [0.05, 0.1) is 5.75 Å². The van der Waals surface area contributed by atoms with E-state index >= 15 is 0 Å². The van der Waals surface area contributed by atoms with Crippen LogP contribution in [0.5, 0.6) is 5.75 Å². The molecule has 10 heteroatoms. The van der Waals surface area contributed by atoms with E-state index in [-0.39, 0.29) is 17.8 Å². The van der Waals surface area contributed by atoms with Gasteiger partial charge < -0.3 is 9.30 Å². The van der Waals surface area contributed by atoms with Gasteiger partial charge in [0.2, 0.25) is 11.0 Å². The molecule has 0 radical (unpaired) electrons. The lowest BCUT2D eigenvalue weighted by molar-refractivity contribution is -0.113. The number of aryl methyl sites for hydroxylation is 1. The Morgan fingerprint density at radius 3 is 2.74 bits per heavy atom. The molecule has 0 saturated carbocycles. The van der Waals surface area contributed by atoms with Crippen molar-refractivity contribution in [3.8, 4) is 5.75 Å². The van der Waals surface area contributed by atoms with E-state index in [1.807, 2.05) is 55.8 Å². The Hall–Kier alpha value is -2.46. The van der Waals surface area contributed by atoms with E-state index < -0.39 is 0 Å². The lowest BCUT2D eigenvalue weighted by atomic mass is 10.3. The highest BCUT2D eigenvalue weighted by molar-refractivity contribution is 7.99. The summed E-state index contributed by atoms with van der Waals surface area (Å²) in [6, 6.07) is 9.55. The van der Waals surface area contributed by atoms with Crippen LogP contribution in [0.3, 0.4) is 0 Å². The van der Waals surface area contributed by atoms with Gasteiger partial charge in [0.1, 0.15) is 10.8 Å². The lowest BCUT2D eigenvalue weighted by Crippen LogP contribution is -2.14. The summed E-state index contributed by atoms with van der Waals surface area (Å²) in [7, 11) is 1.86. The fourth-order valence-electron chi connectivity index (χ4n) is 2.29. The molecule has 2 heterocycles. The first-order valence-corrected chi connectivity index (χ1v) is 10.2. The number of para-hydroxylation sites is 1. The minimum absolute atomic E-state index is 0.156. The van der Waals surface area contributed by atoms with Gasteiger partial charge in [-0.05, 0) is 25.5 Å². The van der Waals surface area contributed by atoms with Gasteiger partial charge in [0, 0.05) is 7.05 Å². The van der Waals surface area contributed by atoms with Crippen molar-refractivity contribution >= 4 is 34.1 Å². The first-order valence-electron chi connectivity index (χ1n) is 8.42. The van der Waals surface area contributed by atoms with Crippen LogP contribution in [0.25, 0.3) is 0 Å². The summed E-state index contributed by atoms with van der Waals surface area (Å²) in [5.74, 6) is 1.52. The highest BCUT2D eigenvalue weighted by Crippen LogP contribution is 2.23. The Kier molecular flexibility index (Phi) is 6.40. The minimum Gasteiger partial charge on any atom is -0.483 e. The van der Waals surface area contributed by atoms with Gasteiger partial charge in [-0.2, -0.15) is 0 Å². The smallest absolute Gasteiger partial charge is 0.236 e. The normalized spacial score (nSPS) is 12.0. The molecule has 0 spiro atoms. The van der Waals surface area contributed by atoms with Gasteiger partial charge in [0.25, 0.3) is 0 Å². The summed E-state index contributed by atoms with van der Waals surface area (Å²) in [6.45, 7) is 3.91. The molecule has 3 rings (SSSR count). The molecule has 0 aliphatic rings. The van der Waals surface area contributed by atoms with Gasteiger partial charge in [-0.25, -0.2) is 0 Å². The molecule has 27 heavy (non-hydrogen) atoms. The number of carbonyl (C=O) groups is 1. The van der Waals surface area contributed by atoms with Gasteiger partial charge in [-0.15, -0.1) is 20.4 Å². The van der Waals surface area contributed by atoms with Gasteiger partial charge in [0.15, 0.2) is 17.1 Å². The zero-order valence-electron chi connectivity index (χ0n) is 15.2. The molecule has 0 bridgehead atoms. The number of nitrogens with zero attached hydrogens (tertiary/aromatic N) is 5. The molecule has 1 atom stereocenters. The fourth-order valence-corrected chi connectivity index (χ4v) is 3.71. The van der Waals surface area contributed by atoms with Crippen molar-refractivity contribution in [3.63, 3.8) is 0 Å². The van der Waals surface area contributed by atoms with E-state index in [0.717, 1.165) is 17.2 Å². The van der Waals surface area contributed by atoms with Crippen LogP contribution in [0, 0.1) is 0 Å². The number of amides is 1. The molecular weight excluding hydrogens is 384 g/mol. The predicted molar refractivity (Wildman–Crippen MR) is 105 cm³/mol. The third-order valence-electron chi connectivity index (χ3n) is 3.64. The van der Waals surface area contributed by atoms with Crippen LogP contribution >= 0.6 is 23.1 Å². The Morgan fingerprint density at radius 2 is 2.04 bits per heavy atom. The summed E-state index contributed by atoms with van der Waals surface area (Å²) < 4.78 is 7.73. The van der Waals surface area contributed by atoms with Crippen molar-refractivity contribution in [1.82, 2.24) is 25.0 Å². The summed E-state index contributed by atoms with van der Waals surface area (Å²) in [5.41, 5.74) is 0. The number of thioether (sulfide) groups is 1. The first kappa shape index (κ1) is 19.3. The zero-order chi connectivity index (χ0) is 19.2. The topological polar surface area (TPSA) is 94.8 Å². The molecule has 2 aromatic heterocycles. The highest BCUT2D eigenvalue weighted by Gasteiger charge is 2.18. The van der Waals surface area contributed by atoms with E-state index in [9.17, 15) is 4.79 Å². The number of anilines is 1. The van der Waals surface area contributed by atoms with Crippen LogP contribution in [0.15, 0.2) is 35.5 Å². The lowest BCUT2D eigenvalue weighted by Gasteiger charge is -2.14. The van der Waals surface area contributed by atoms with E-state index in [0.29, 0.717) is 16.1 Å². The van der Waals surface area contributed by atoms with Crippen molar-refractivity contribution in [2.45, 2.75) is 31.5 Å². The van der Waals surface area contributed by atoms with Gasteiger partial charge >= 0.3 is 0 Å². The SMILES string of the molecule is CCc1nnc(NC(=O)CSc2nnc(C(C)Oc3ccccc3)n2C)s1. The van der Waals surface area contributed by atoms with Crippen LogP contribution in [0.2, 0.25) is 0 Å². The molecule has 1 N–H and O–H groups in total. The Morgan fingerprint density at radius 1 is 1.26 bits per heavy atom. The molecule has 0 aliphatic heterocycles. The van der Waals surface area contributed by atoms with Crippen LogP contribution in [-0.2, 0) is 18.3 Å². The van der Waals surface area contributed by atoms with Crippen molar-refractivity contribution < 1.29 is 9.53 Å². The Bertz CT molecular complexity index is 896. The summed E-state index contributed by atoms with van der Waals surface area (Å²) in [6.07, 6.45) is 0.537. The number of hydrogen-bond acceptors (Lipinski definition) is 8. The molecule has 0 aliphatic carbocycles. The van der Waals surface area contributed by atoms with E-state index in [1.54, 1.807) is 0 Å². The number of hydrogen-bond donors (Lipinski definition) is 1. The van der Waals surface area contributed by atoms with Crippen molar-refractivity contribution in [3.05, 3.63) is 41.2 Å². The molecule has 3 aromatic rings. The summed E-state index contributed by atoms with van der Waals surface area (Å²) in [4.78, 5) is 12.1. The Balaban J connectivity index is 1.55. The van der Waals surface area contributed by atoms with Crippen molar-refractivity contribution in [2.75, 3.05) is 11.1 Å². The highest BCUT2D eigenvalue weighted by atomic mass is 32.2. The summed E-state index contributed by atoms with van der Waals surface area (Å²) >= 11 is 2.69. The number of nitrogens with one attached hydrogen (secondary N) is 1. The van der Waals surface area contributed by atoms with Gasteiger partial charge in [-0.1, -0.05) is 48.2 Å². The van der Waals surface area contributed by atoms with Crippen LogP contribution in [-0.4, -0.2) is 36.6 Å². The average Bonchev–Trinajstić information content (AvgIpc) is 3.27. The number of ether oxygens (including phenoxy) is 1. The van der Waals surface area contributed by atoms with E-state index in [4.69, 9.17) is 4.74 Å². The first-order chi connectivity index (χ1) is 13.1. The number of rotatable bonds is 8. The maximum Gasteiger partial charge on any atom is 0.236 e. The minimum atomic E-state index is -0.262. The van der Waals surface area contributed by atoms with E-state index in [2.05, 4.69) is 25.7 Å². The van der Waals surface area contributed by atoms with Crippen LogP contribution < -0.4 is 10.1 Å². The predicted octanol–water partition coefficient (Wildman–Crippen LogP) is 3.10. The second kappa shape index (κ2) is 8.96. The third kappa shape index (κ3) is 5.04. The second-order valence-corrected chi connectivity index (χ2v) is 7.67. The van der Waals surface area contributed by atoms with Crippen LogP contribution in [0.4, 0.5) is 5.13 Å². The molecule has 1 unspecified atom stereocenters. The van der Waals surface area contributed by atoms with Crippen molar-refractivity contribution in [1.29, 1.82) is 0 Å². The number of aromatic nitrogens is 5. The number of benzene rings is 1. The quantitative estimate of drug-likeness (QED) is 0.576. The standard InChI is InChI=1S/C17H20N6O2S2/c1-4-14-19-21-16(27-14)18-13(24)10-26-17-22-20-15(23(17)3)11(2)25-12-8-6-5-7-9-12/h5-9,11H,4,10H2,1-3H3,(H,18,21,24). The molecule has 0 fully saturated rings. The molecular formula is C17H20N6O2S2. The molecule has 0 saturated heterocycles. The maximum absolute atomic E-state index is 12.1. The molecule has 142 valence electrons. The van der Waals surface area contributed by atoms with Gasteiger partial charge in [-0.3, -0.25) is 10.1 Å². The fraction of sp³-hybridized carbons (Fsp3) is 0.353. The molecule has 1 amide bonds.